The van der Waals surface area contributed by atoms with Crippen molar-refractivity contribution in [2.24, 2.45) is 0 Å². The van der Waals surface area contributed by atoms with Gasteiger partial charge in [0.15, 0.2) is 0 Å². The highest BCUT2D eigenvalue weighted by Crippen LogP contribution is 2.51. The van der Waals surface area contributed by atoms with Crippen LogP contribution in [0.2, 0.25) is 30.1 Å². The fraction of sp³-hybridized carbons (Fsp3) is 0.327. The standard InChI is InChI=1S/C34H36Cl2N8O4.C32H38Cl2FN7O4.C32H39Cl2N7O4/c1-5-30(45)40-24-8-6-22(7-9-24)20-44(34(46)41-33-31(35)26(47-3)18-27(48-4)32(33)36)29-19-28(37-21-38-29)39-23-10-12-25(13-11-23)43-16-14-42(2)15-17-43;1-6-26(43)38-23-12-11-20(15-22(23)35)18-42-30-21(17-37-31(39-30)36-13-9-10-14-40(7-2)8-3)19-41(32(42)44)29-27(33)24(45-4)16-25(46-5)28(29)34;1-6-26(42)37-23-13-11-21(12-14-23)19-41-30-22(18-36-31(38-30)35-15-9-10-16-39(7-2)8-3)20-40(32(41)43)29-27(33)24(44-4)17-25(45-5)28(29)34/h5-13,18-19,21H,1,14-17,20H2,2-4H3,(H,40,45)(H,41,46)(H,37,38,39);6,11-12,15-17H,1,7-10,13-14,18-19H2,2-5H3,(H,38,43)(H,36,37,39);6,11-14,17-18H,1,7-10,15-16,19-20H2,2-5H3,(H,37,42)(H,35,36,38). The molecule has 3 aromatic heterocycles. The largest absolute Gasteiger partial charge is 0.495 e. The summed E-state index contributed by atoms with van der Waals surface area (Å²) in [5, 5.41) is 21.3. The molecule has 13 rings (SSSR count). The number of carbonyl (C=O) groups is 6. The van der Waals surface area contributed by atoms with Gasteiger partial charge in [-0.05, 0) is 168 Å². The van der Waals surface area contributed by atoms with Gasteiger partial charge in [-0.3, -0.25) is 38.9 Å². The van der Waals surface area contributed by atoms with Gasteiger partial charge in [-0.1, -0.05) is 147 Å². The number of aromatic nitrogens is 6. The van der Waals surface area contributed by atoms with Gasteiger partial charge in [-0.25, -0.2) is 38.7 Å². The van der Waals surface area contributed by atoms with E-state index < -0.39 is 29.8 Å². The van der Waals surface area contributed by atoms with Gasteiger partial charge in [0, 0.05) is 110 Å². The summed E-state index contributed by atoms with van der Waals surface area (Å²) in [6.07, 6.45) is 12.1. The average molecular weight is 2020 g/mol. The number of unbranched alkanes of at least 4 members (excludes halogenated alkanes) is 2. The first kappa shape index (κ1) is 106. The molecule has 10 aromatic rings. The van der Waals surface area contributed by atoms with Crippen molar-refractivity contribution in [2.75, 3.05) is 195 Å². The molecule has 1 saturated heterocycles. The zero-order valence-corrected chi connectivity index (χ0v) is 83.7. The number of benzene rings is 7. The lowest BCUT2D eigenvalue weighted by molar-refractivity contribution is -0.112. The molecule has 3 aliphatic rings. The number of anilines is 14. The van der Waals surface area contributed by atoms with E-state index in [-0.39, 0.29) is 120 Å². The Bertz CT molecular complexity index is 5920. The number of ether oxygens (including phenoxy) is 6. The molecule has 41 heteroatoms. The van der Waals surface area contributed by atoms with E-state index >= 15 is 4.39 Å². The zero-order chi connectivity index (χ0) is 100. The highest BCUT2D eigenvalue weighted by atomic mass is 35.5. The van der Waals surface area contributed by atoms with Crippen LogP contribution < -0.4 is 95.0 Å². The van der Waals surface area contributed by atoms with Crippen LogP contribution in [0.5, 0.6) is 34.5 Å². The Morgan fingerprint density at radius 1 is 0.475 bits per heavy atom. The summed E-state index contributed by atoms with van der Waals surface area (Å²) >= 11 is 40.0. The van der Waals surface area contributed by atoms with Crippen molar-refractivity contribution in [1.82, 2.24) is 44.6 Å². The second-order valence-corrected chi connectivity index (χ2v) is 33.9. The number of urea groups is 3. The van der Waals surface area contributed by atoms with E-state index in [1.165, 1.54) is 105 Å². The molecule has 34 nitrogen and oxygen atoms in total. The third kappa shape index (κ3) is 27.4. The predicted molar refractivity (Wildman–Crippen MR) is 552 cm³/mol. The highest BCUT2D eigenvalue weighted by Gasteiger charge is 2.40. The molecule has 736 valence electrons. The van der Waals surface area contributed by atoms with E-state index in [4.69, 9.17) is 108 Å². The molecule has 0 spiro atoms. The van der Waals surface area contributed by atoms with Crippen molar-refractivity contribution >= 4 is 186 Å². The summed E-state index contributed by atoms with van der Waals surface area (Å²) in [5.74, 6) is 2.22. The number of likely N-dealkylation sites (N-methyl/N-ethyl adjacent to an activating group) is 1. The fourth-order valence-electron chi connectivity index (χ4n) is 15.1. The number of methoxy groups -OCH3 is 6. The van der Waals surface area contributed by atoms with E-state index in [2.05, 4.69) is 143 Å². The summed E-state index contributed by atoms with van der Waals surface area (Å²) in [7, 11) is 10.9. The first-order valence-corrected chi connectivity index (χ1v) is 46.9. The molecule has 139 heavy (non-hydrogen) atoms. The Kier molecular flexibility index (Phi) is 39.3. The quantitative estimate of drug-likeness (QED) is 0.0138. The van der Waals surface area contributed by atoms with Crippen LogP contribution in [-0.2, 0) is 47.1 Å². The summed E-state index contributed by atoms with van der Waals surface area (Å²) in [4.78, 5) is 122. The predicted octanol–water partition coefficient (Wildman–Crippen LogP) is 20.0. The molecule has 0 unspecified atom stereocenters. The molecular weight excluding hydrogens is 1910 g/mol. The second-order valence-electron chi connectivity index (χ2n) is 31.6. The van der Waals surface area contributed by atoms with Crippen molar-refractivity contribution in [3.8, 4) is 34.5 Å². The fourth-order valence-corrected chi connectivity index (χ4v) is 17.1. The number of nitrogens with zero attached hydrogens (tertiary/aromatic N) is 15. The Balaban J connectivity index is 0.000000200. The van der Waals surface area contributed by atoms with E-state index in [1.54, 1.807) is 71.9 Å². The molecule has 0 saturated carbocycles. The maximum atomic E-state index is 15.0. The maximum Gasteiger partial charge on any atom is 0.330 e. The molecule has 7 N–H and O–H groups in total. The molecule has 9 amide bonds. The lowest BCUT2D eigenvalue weighted by Crippen LogP contribution is -2.48. The van der Waals surface area contributed by atoms with Crippen LogP contribution in [0.1, 0.15) is 81.2 Å². The Labute approximate surface area is 838 Å². The average Bonchev–Trinajstić information content (AvgIpc) is 0.751. The van der Waals surface area contributed by atoms with E-state index in [1.807, 2.05) is 24.3 Å². The van der Waals surface area contributed by atoms with E-state index in [0.29, 0.717) is 87.8 Å². The van der Waals surface area contributed by atoms with Crippen molar-refractivity contribution in [2.45, 2.75) is 86.1 Å². The topological polar surface area (TPSA) is 349 Å². The Morgan fingerprint density at radius 3 is 1.31 bits per heavy atom. The van der Waals surface area contributed by atoms with Crippen LogP contribution in [0.15, 0.2) is 172 Å². The first-order valence-electron chi connectivity index (χ1n) is 44.7. The van der Waals surface area contributed by atoms with Crippen molar-refractivity contribution < 1.29 is 61.6 Å². The molecule has 0 aliphatic carbocycles. The number of rotatable bonds is 41. The number of piperazine rings is 1. The van der Waals surface area contributed by atoms with Crippen LogP contribution in [-0.4, -0.2) is 209 Å². The minimum Gasteiger partial charge on any atom is -0.495 e. The minimum atomic E-state index is -0.674. The molecule has 7 aromatic carbocycles. The third-order valence-corrected chi connectivity index (χ3v) is 25.1. The number of fused-ring (bicyclic) bond motifs is 2. The second kappa shape index (κ2) is 51.4. The van der Waals surface area contributed by atoms with Gasteiger partial charge in [0.1, 0.15) is 100 Å². The maximum absolute atomic E-state index is 15.0. The normalized spacial score (nSPS) is 12.8. The van der Waals surface area contributed by atoms with Crippen molar-refractivity contribution in [3.05, 3.63) is 236 Å². The monoisotopic (exact) mass is 2020 g/mol. The lowest BCUT2D eigenvalue weighted by Gasteiger charge is -2.37. The number of hydrogen-bond acceptors (Lipinski definition) is 25. The van der Waals surface area contributed by atoms with Gasteiger partial charge < -0.3 is 85.2 Å². The molecule has 1 fully saturated rings. The van der Waals surface area contributed by atoms with Gasteiger partial charge in [0.2, 0.25) is 29.6 Å². The van der Waals surface area contributed by atoms with Crippen LogP contribution in [0.3, 0.4) is 0 Å². The van der Waals surface area contributed by atoms with E-state index in [0.717, 1.165) is 120 Å². The van der Waals surface area contributed by atoms with Crippen molar-refractivity contribution in [1.29, 1.82) is 0 Å². The summed E-state index contributed by atoms with van der Waals surface area (Å²) < 4.78 is 47.5. The van der Waals surface area contributed by atoms with E-state index in [9.17, 15) is 28.8 Å². The lowest BCUT2D eigenvalue weighted by atomic mass is 10.1. The molecular formula is C98H113Cl6FN22O12. The van der Waals surface area contributed by atoms with Gasteiger partial charge >= 0.3 is 18.1 Å². The van der Waals surface area contributed by atoms with Gasteiger partial charge in [-0.2, -0.15) is 9.97 Å². The van der Waals surface area contributed by atoms with Crippen LogP contribution in [0.25, 0.3) is 0 Å². The molecule has 0 bridgehead atoms. The number of halogens is 7. The molecule has 3 aliphatic heterocycles. The van der Waals surface area contributed by atoms with Crippen LogP contribution in [0, 0.1) is 5.82 Å². The Morgan fingerprint density at radius 2 is 0.885 bits per heavy atom. The first-order chi connectivity index (χ1) is 67.1. The van der Waals surface area contributed by atoms with Crippen molar-refractivity contribution in [3.63, 3.8) is 0 Å². The number of carbonyl (C=O) groups excluding carboxylic acids is 6. The molecule has 0 atom stereocenters. The SMILES string of the molecule is C=CC(=O)Nc1ccc(CN(C(=O)Nc2c(Cl)c(OC)cc(OC)c2Cl)c2cc(Nc3ccc(N4CCN(C)CC4)cc3)ncn2)cc1.C=CC(=O)Nc1ccc(CN2C(=O)N(c3c(Cl)c(OC)cc(OC)c3Cl)Cc3cnc(NCCCCN(CC)CC)nc32)cc1.C=CC(=O)Nc1ccc(CN2C(=O)N(c3c(Cl)c(OC)cc(OC)c3Cl)Cc3cnc(NCCCCN(CC)CC)nc32)cc1F. The third-order valence-electron chi connectivity index (χ3n) is 22.9. The molecule has 6 heterocycles. The summed E-state index contributed by atoms with van der Waals surface area (Å²) in [6.45, 7) is 30.8. The van der Waals surface area contributed by atoms with Gasteiger partial charge in [0.25, 0.3) is 0 Å². The van der Waals surface area contributed by atoms with Crippen LogP contribution >= 0.6 is 69.6 Å². The minimum absolute atomic E-state index is 0.0162. The highest BCUT2D eigenvalue weighted by molar-refractivity contribution is 6.44. The van der Waals surface area contributed by atoms with Gasteiger partial charge in [0.05, 0.1) is 98.1 Å². The number of amides is 9. The smallest absolute Gasteiger partial charge is 0.330 e. The molecule has 0 radical (unpaired) electrons. The summed E-state index contributed by atoms with van der Waals surface area (Å²) in [6, 6.07) is 31.4. The van der Waals surface area contributed by atoms with Gasteiger partial charge in [-0.15, -0.1) is 0 Å². The Hall–Kier alpha value is -13.2. The number of nitrogens with one attached hydrogen (secondary N) is 7. The van der Waals surface area contributed by atoms with Crippen LogP contribution in [0.4, 0.5) is 99.4 Å². The number of hydrogen-bond donors (Lipinski definition) is 7. The zero-order valence-electron chi connectivity index (χ0n) is 79.2. The summed E-state index contributed by atoms with van der Waals surface area (Å²) in [5.41, 5.74) is 7.00.